The van der Waals surface area contributed by atoms with Crippen molar-refractivity contribution < 1.29 is 4.74 Å². The quantitative estimate of drug-likeness (QED) is 0.846. The third kappa shape index (κ3) is 3.48. The summed E-state index contributed by atoms with van der Waals surface area (Å²) in [6, 6.07) is 11.7. The Kier molecular flexibility index (Phi) is 4.56. The average molecular weight is 267 g/mol. The highest BCUT2D eigenvalue weighted by molar-refractivity contribution is 5.51. The molecule has 0 aliphatic carbocycles. The number of rotatable bonds is 5. The van der Waals surface area contributed by atoms with Crippen molar-refractivity contribution in [1.82, 2.24) is 4.98 Å². The second-order valence-corrected chi connectivity index (χ2v) is 4.56. The Morgan fingerprint density at radius 2 is 2.15 bits per heavy atom. The van der Waals surface area contributed by atoms with Crippen molar-refractivity contribution in [2.75, 3.05) is 18.5 Å². The molecule has 20 heavy (non-hydrogen) atoms. The van der Waals surface area contributed by atoms with Gasteiger partial charge in [-0.25, -0.2) is 4.98 Å². The summed E-state index contributed by atoms with van der Waals surface area (Å²) in [6.07, 6.45) is 1.66. The molecule has 0 fully saturated rings. The van der Waals surface area contributed by atoms with E-state index >= 15 is 0 Å². The number of hydrogen-bond acceptors (Lipinski definition) is 4. The summed E-state index contributed by atoms with van der Waals surface area (Å²) in [5.41, 5.74) is 2.83. The van der Waals surface area contributed by atoms with Gasteiger partial charge in [0, 0.05) is 6.20 Å². The number of nitrogens with one attached hydrogen (secondary N) is 1. The fraction of sp³-hybridized carbons (Fsp3) is 0.250. The number of pyridine rings is 1. The van der Waals surface area contributed by atoms with E-state index in [4.69, 9.17) is 10.00 Å². The van der Waals surface area contributed by atoms with Gasteiger partial charge in [0.2, 0.25) is 0 Å². The van der Waals surface area contributed by atoms with Gasteiger partial charge in [0.1, 0.15) is 24.2 Å². The first-order valence-corrected chi connectivity index (χ1v) is 6.50. The lowest BCUT2D eigenvalue weighted by atomic mass is 10.1. The Bertz CT molecular complexity index is 632. The van der Waals surface area contributed by atoms with Crippen LogP contribution in [0, 0.1) is 25.2 Å². The van der Waals surface area contributed by atoms with E-state index in [1.54, 1.807) is 18.3 Å². The van der Waals surface area contributed by atoms with Crippen LogP contribution < -0.4 is 10.1 Å². The van der Waals surface area contributed by atoms with Crippen LogP contribution in [0.2, 0.25) is 0 Å². The van der Waals surface area contributed by atoms with Crippen LogP contribution in [-0.4, -0.2) is 18.1 Å². The van der Waals surface area contributed by atoms with Crippen LogP contribution in [-0.2, 0) is 0 Å². The van der Waals surface area contributed by atoms with Gasteiger partial charge in [-0.1, -0.05) is 12.1 Å². The molecule has 0 saturated heterocycles. The maximum absolute atomic E-state index is 8.96. The van der Waals surface area contributed by atoms with Gasteiger partial charge >= 0.3 is 0 Å². The molecule has 0 unspecified atom stereocenters. The Hall–Kier alpha value is -2.54. The minimum absolute atomic E-state index is 0.520. The zero-order valence-corrected chi connectivity index (χ0v) is 11.7. The number of nitrogens with zero attached hydrogens (tertiary/aromatic N) is 2. The number of anilines is 1. The monoisotopic (exact) mass is 267 g/mol. The topological polar surface area (TPSA) is 57.9 Å². The van der Waals surface area contributed by atoms with Gasteiger partial charge in [0.05, 0.1) is 12.1 Å². The van der Waals surface area contributed by atoms with Crippen LogP contribution in [0.25, 0.3) is 0 Å². The maximum Gasteiger partial charge on any atom is 0.144 e. The smallest absolute Gasteiger partial charge is 0.144 e. The number of benzene rings is 1. The second kappa shape index (κ2) is 6.58. The first-order chi connectivity index (χ1) is 9.70. The molecule has 2 rings (SSSR count). The van der Waals surface area contributed by atoms with Crippen molar-refractivity contribution >= 4 is 5.82 Å². The number of aromatic nitrogens is 1. The molecule has 4 heteroatoms. The van der Waals surface area contributed by atoms with Gasteiger partial charge in [-0.3, -0.25) is 0 Å². The summed E-state index contributed by atoms with van der Waals surface area (Å²) in [6.45, 7) is 5.18. The van der Waals surface area contributed by atoms with E-state index in [2.05, 4.69) is 22.4 Å². The normalized spacial score (nSPS) is 9.85. The lowest BCUT2D eigenvalue weighted by molar-refractivity contribution is 0.330. The Labute approximate surface area is 119 Å². The maximum atomic E-state index is 8.96. The molecule has 1 heterocycles. The van der Waals surface area contributed by atoms with Crippen molar-refractivity contribution in [3.63, 3.8) is 0 Å². The largest absolute Gasteiger partial charge is 0.491 e. The van der Waals surface area contributed by atoms with E-state index in [0.717, 1.165) is 11.3 Å². The summed E-state index contributed by atoms with van der Waals surface area (Å²) >= 11 is 0. The standard InChI is InChI=1S/C16H17N3O/c1-12-5-6-13(2)15(10-12)20-9-8-19-16-14(11-17)4-3-7-18-16/h3-7,10H,8-9H2,1-2H3,(H,18,19). The van der Waals surface area contributed by atoms with Crippen LogP contribution in [0.3, 0.4) is 0 Å². The molecule has 1 N–H and O–H groups in total. The van der Waals surface area contributed by atoms with Crippen molar-refractivity contribution in [2.24, 2.45) is 0 Å². The van der Waals surface area contributed by atoms with Crippen LogP contribution in [0.1, 0.15) is 16.7 Å². The molecule has 0 radical (unpaired) electrons. The molecule has 0 atom stereocenters. The van der Waals surface area contributed by atoms with Gasteiger partial charge < -0.3 is 10.1 Å². The van der Waals surface area contributed by atoms with Gasteiger partial charge in [-0.2, -0.15) is 5.26 Å². The molecular weight excluding hydrogens is 250 g/mol. The molecule has 2 aromatic rings. The van der Waals surface area contributed by atoms with Crippen LogP contribution in [0.15, 0.2) is 36.5 Å². The van der Waals surface area contributed by atoms with Gasteiger partial charge in [-0.05, 0) is 43.2 Å². The zero-order valence-electron chi connectivity index (χ0n) is 11.7. The molecule has 102 valence electrons. The molecule has 0 aliphatic rings. The summed E-state index contributed by atoms with van der Waals surface area (Å²) in [5, 5.41) is 12.1. The fourth-order valence-electron chi connectivity index (χ4n) is 1.83. The fourth-order valence-corrected chi connectivity index (χ4v) is 1.83. The van der Waals surface area contributed by atoms with Gasteiger partial charge in [0.25, 0.3) is 0 Å². The van der Waals surface area contributed by atoms with Crippen molar-refractivity contribution in [3.05, 3.63) is 53.2 Å². The molecule has 0 aliphatic heterocycles. The summed E-state index contributed by atoms with van der Waals surface area (Å²) in [5.74, 6) is 1.49. The lowest BCUT2D eigenvalue weighted by Gasteiger charge is -2.11. The Morgan fingerprint density at radius 3 is 2.95 bits per heavy atom. The molecule has 4 nitrogen and oxygen atoms in total. The minimum Gasteiger partial charge on any atom is -0.491 e. The number of ether oxygens (including phenoxy) is 1. The van der Waals surface area contributed by atoms with E-state index in [9.17, 15) is 0 Å². The highest BCUT2D eigenvalue weighted by Gasteiger charge is 2.02. The van der Waals surface area contributed by atoms with Gasteiger partial charge in [0.15, 0.2) is 0 Å². The Morgan fingerprint density at radius 1 is 1.30 bits per heavy atom. The lowest BCUT2D eigenvalue weighted by Crippen LogP contribution is -2.13. The molecule has 1 aromatic heterocycles. The minimum atomic E-state index is 0.520. The Balaban J connectivity index is 1.88. The van der Waals surface area contributed by atoms with E-state index in [1.807, 2.05) is 26.0 Å². The second-order valence-electron chi connectivity index (χ2n) is 4.56. The number of aryl methyl sites for hydroxylation is 2. The molecule has 1 aromatic carbocycles. The highest BCUT2D eigenvalue weighted by atomic mass is 16.5. The van der Waals surface area contributed by atoms with Gasteiger partial charge in [-0.15, -0.1) is 0 Å². The van der Waals surface area contributed by atoms with E-state index in [1.165, 1.54) is 5.56 Å². The highest BCUT2D eigenvalue weighted by Crippen LogP contribution is 2.19. The number of hydrogen-bond donors (Lipinski definition) is 1. The average Bonchev–Trinajstić information content (AvgIpc) is 2.47. The molecule has 0 bridgehead atoms. The van der Waals surface area contributed by atoms with E-state index < -0.39 is 0 Å². The SMILES string of the molecule is Cc1ccc(C)c(OCCNc2ncccc2C#N)c1. The summed E-state index contributed by atoms with van der Waals surface area (Å²) in [7, 11) is 0. The van der Waals surface area contributed by atoms with E-state index in [-0.39, 0.29) is 0 Å². The third-order valence-electron chi connectivity index (χ3n) is 2.92. The van der Waals surface area contributed by atoms with E-state index in [0.29, 0.717) is 24.5 Å². The predicted octanol–water partition coefficient (Wildman–Crippen LogP) is 3.06. The van der Waals surface area contributed by atoms with Crippen molar-refractivity contribution in [2.45, 2.75) is 13.8 Å². The predicted molar refractivity (Wildman–Crippen MR) is 78.9 cm³/mol. The third-order valence-corrected chi connectivity index (χ3v) is 2.92. The van der Waals surface area contributed by atoms with Crippen LogP contribution in [0.4, 0.5) is 5.82 Å². The van der Waals surface area contributed by atoms with Crippen LogP contribution >= 0.6 is 0 Å². The van der Waals surface area contributed by atoms with Crippen molar-refractivity contribution in [1.29, 1.82) is 5.26 Å². The first-order valence-electron chi connectivity index (χ1n) is 6.50. The molecule has 0 amide bonds. The summed E-state index contributed by atoms with van der Waals surface area (Å²) < 4.78 is 5.74. The summed E-state index contributed by atoms with van der Waals surface area (Å²) in [4.78, 5) is 4.14. The molecule has 0 spiro atoms. The first kappa shape index (κ1) is 13.9. The number of nitriles is 1. The molecular formula is C16H17N3O. The van der Waals surface area contributed by atoms with Crippen LogP contribution in [0.5, 0.6) is 5.75 Å². The molecule has 0 saturated carbocycles. The zero-order chi connectivity index (χ0) is 14.4. The van der Waals surface area contributed by atoms with Crippen molar-refractivity contribution in [3.8, 4) is 11.8 Å².